The van der Waals surface area contributed by atoms with Crippen molar-refractivity contribution in [2.75, 3.05) is 24.8 Å². The highest BCUT2D eigenvalue weighted by molar-refractivity contribution is 5.62. The molecule has 1 aromatic carbocycles. The number of hydrogen-bond donors (Lipinski definition) is 1. The van der Waals surface area contributed by atoms with Crippen molar-refractivity contribution in [2.45, 2.75) is 13.5 Å². The highest BCUT2D eigenvalue weighted by Gasteiger charge is 2.06. The molecule has 2 N–H and O–H groups in total. The van der Waals surface area contributed by atoms with Gasteiger partial charge < -0.3 is 15.4 Å². The summed E-state index contributed by atoms with van der Waals surface area (Å²) < 4.78 is 5.24. The van der Waals surface area contributed by atoms with Crippen molar-refractivity contribution in [3.63, 3.8) is 0 Å². The predicted molar refractivity (Wildman–Crippen MR) is 78.5 cm³/mol. The van der Waals surface area contributed by atoms with Gasteiger partial charge in [0.05, 0.1) is 25.0 Å². The predicted octanol–water partition coefficient (Wildman–Crippen LogP) is 2.62. The van der Waals surface area contributed by atoms with Gasteiger partial charge >= 0.3 is 0 Å². The van der Waals surface area contributed by atoms with Crippen LogP contribution in [0.15, 0.2) is 36.4 Å². The minimum atomic E-state index is 0.647. The van der Waals surface area contributed by atoms with Crippen LogP contribution in [0.1, 0.15) is 11.4 Å². The Kier molecular flexibility index (Phi) is 3.90. The van der Waals surface area contributed by atoms with Crippen LogP contribution in [-0.4, -0.2) is 19.1 Å². The Morgan fingerprint density at radius 2 is 2.05 bits per heavy atom. The van der Waals surface area contributed by atoms with Crippen molar-refractivity contribution in [3.05, 3.63) is 47.8 Å². The number of pyridine rings is 1. The average Bonchev–Trinajstić information content (AvgIpc) is 2.39. The molecule has 0 saturated heterocycles. The van der Waals surface area contributed by atoms with Crippen molar-refractivity contribution in [3.8, 4) is 5.75 Å². The first-order valence-electron chi connectivity index (χ1n) is 6.17. The molecule has 100 valence electrons. The molecule has 0 saturated carbocycles. The Balaban J connectivity index is 2.18. The van der Waals surface area contributed by atoms with E-state index in [0.717, 1.165) is 23.6 Å². The number of aryl methyl sites for hydroxylation is 1. The van der Waals surface area contributed by atoms with Crippen molar-refractivity contribution >= 4 is 11.4 Å². The van der Waals surface area contributed by atoms with Gasteiger partial charge in [-0.3, -0.25) is 4.98 Å². The summed E-state index contributed by atoms with van der Waals surface area (Å²) in [6.07, 6.45) is 0. The van der Waals surface area contributed by atoms with Gasteiger partial charge in [0.25, 0.3) is 0 Å². The third kappa shape index (κ3) is 3.16. The van der Waals surface area contributed by atoms with Gasteiger partial charge in [0, 0.05) is 24.5 Å². The van der Waals surface area contributed by atoms with Crippen LogP contribution >= 0.6 is 0 Å². The molecular formula is C15H19N3O. The summed E-state index contributed by atoms with van der Waals surface area (Å²) in [4.78, 5) is 6.62. The lowest BCUT2D eigenvalue weighted by Gasteiger charge is -2.20. The monoisotopic (exact) mass is 257 g/mol. The maximum Gasteiger partial charge on any atom is 0.143 e. The van der Waals surface area contributed by atoms with Gasteiger partial charge in [-0.15, -0.1) is 0 Å². The van der Waals surface area contributed by atoms with E-state index in [1.165, 1.54) is 0 Å². The van der Waals surface area contributed by atoms with Gasteiger partial charge in [0.1, 0.15) is 5.75 Å². The van der Waals surface area contributed by atoms with Crippen LogP contribution in [0.3, 0.4) is 0 Å². The highest BCUT2D eigenvalue weighted by Crippen LogP contribution is 2.27. The summed E-state index contributed by atoms with van der Waals surface area (Å²) in [7, 11) is 3.65. The molecule has 0 bridgehead atoms. The van der Waals surface area contributed by atoms with Crippen LogP contribution in [0, 0.1) is 6.92 Å². The summed E-state index contributed by atoms with van der Waals surface area (Å²) in [5.74, 6) is 0.696. The number of rotatable bonds is 4. The number of anilines is 2. The number of ether oxygens (including phenoxy) is 1. The van der Waals surface area contributed by atoms with E-state index in [1.807, 2.05) is 50.4 Å². The fraction of sp³-hybridized carbons (Fsp3) is 0.267. The normalized spacial score (nSPS) is 10.3. The van der Waals surface area contributed by atoms with Crippen molar-refractivity contribution in [1.82, 2.24) is 4.98 Å². The molecule has 0 aliphatic carbocycles. The van der Waals surface area contributed by atoms with Crippen LogP contribution in [0.4, 0.5) is 11.4 Å². The first-order chi connectivity index (χ1) is 9.10. The molecule has 4 nitrogen and oxygen atoms in total. The molecule has 1 heterocycles. The van der Waals surface area contributed by atoms with Gasteiger partial charge in [0.2, 0.25) is 0 Å². The highest BCUT2D eigenvalue weighted by atomic mass is 16.5. The molecule has 0 fully saturated rings. The smallest absolute Gasteiger partial charge is 0.143 e. The quantitative estimate of drug-likeness (QED) is 0.855. The second kappa shape index (κ2) is 5.61. The standard InChI is InChI=1S/C15H19N3O/c1-11-5-4-6-12(17-11)10-18(2)13-7-8-14(16)15(9-13)19-3/h4-9H,10,16H2,1-3H3. The van der Waals surface area contributed by atoms with Gasteiger partial charge in [-0.2, -0.15) is 0 Å². The molecule has 0 amide bonds. The van der Waals surface area contributed by atoms with Crippen LogP contribution in [0.2, 0.25) is 0 Å². The Hall–Kier alpha value is -2.23. The van der Waals surface area contributed by atoms with Crippen LogP contribution in [-0.2, 0) is 6.54 Å². The molecule has 2 rings (SSSR count). The molecule has 1 aromatic heterocycles. The second-order valence-corrected chi connectivity index (χ2v) is 4.55. The third-order valence-corrected chi connectivity index (χ3v) is 3.00. The molecule has 19 heavy (non-hydrogen) atoms. The lowest BCUT2D eigenvalue weighted by atomic mass is 10.2. The number of nitrogens with zero attached hydrogens (tertiary/aromatic N) is 2. The first-order valence-corrected chi connectivity index (χ1v) is 6.17. The molecule has 0 atom stereocenters. The molecule has 4 heteroatoms. The summed E-state index contributed by atoms with van der Waals surface area (Å²) in [6, 6.07) is 11.8. The van der Waals surface area contributed by atoms with E-state index in [-0.39, 0.29) is 0 Å². The van der Waals surface area contributed by atoms with E-state index in [9.17, 15) is 0 Å². The van der Waals surface area contributed by atoms with Gasteiger partial charge in [0.15, 0.2) is 0 Å². The summed E-state index contributed by atoms with van der Waals surface area (Å²) in [5.41, 5.74) is 9.58. The molecule has 0 unspecified atom stereocenters. The zero-order chi connectivity index (χ0) is 13.8. The number of nitrogen functional groups attached to an aromatic ring is 1. The number of hydrogen-bond acceptors (Lipinski definition) is 4. The van der Waals surface area contributed by atoms with Crippen LogP contribution < -0.4 is 15.4 Å². The first kappa shape index (κ1) is 13.2. The molecule has 0 radical (unpaired) electrons. The van der Waals surface area contributed by atoms with Crippen LogP contribution in [0.5, 0.6) is 5.75 Å². The number of methoxy groups -OCH3 is 1. The van der Waals surface area contributed by atoms with Gasteiger partial charge in [-0.1, -0.05) is 6.07 Å². The summed E-state index contributed by atoms with van der Waals surface area (Å²) in [6.45, 7) is 2.74. The zero-order valence-corrected chi connectivity index (χ0v) is 11.6. The number of aromatic nitrogens is 1. The Morgan fingerprint density at radius 3 is 2.74 bits per heavy atom. The second-order valence-electron chi connectivity index (χ2n) is 4.55. The largest absolute Gasteiger partial charge is 0.495 e. The fourth-order valence-corrected chi connectivity index (χ4v) is 1.96. The maximum atomic E-state index is 5.82. The van der Waals surface area contributed by atoms with E-state index in [1.54, 1.807) is 7.11 Å². The van der Waals surface area contributed by atoms with E-state index in [2.05, 4.69) is 9.88 Å². The Morgan fingerprint density at radius 1 is 1.26 bits per heavy atom. The Bertz CT molecular complexity index is 569. The fourth-order valence-electron chi connectivity index (χ4n) is 1.96. The average molecular weight is 257 g/mol. The SMILES string of the molecule is COc1cc(N(C)Cc2cccc(C)n2)ccc1N. The van der Waals surface area contributed by atoms with E-state index >= 15 is 0 Å². The maximum absolute atomic E-state index is 5.82. The van der Waals surface area contributed by atoms with Gasteiger partial charge in [-0.25, -0.2) is 0 Å². The minimum Gasteiger partial charge on any atom is -0.495 e. The molecule has 2 aromatic rings. The topological polar surface area (TPSA) is 51.4 Å². The number of benzene rings is 1. The van der Waals surface area contributed by atoms with E-state index < -0.39 is 0 Å². The van der Waals surface area contributed by atoms with Crippen molar-refractivity contribution in [1.29, 1.82) is 0 Å². The summed E-state index contributed by atoms with van der Waals surface area (Å²) >= 11 is 0. The van der Waals surface area contributed by atoms with Crippen molar-refractivity contribution in [2.24, 2.45) is 0 Å². The molecule has 0 aliphatic rings. The van der Waals surface area contributed by atoms with E-state index in [0.29, 0.717) is 11.4 Å². The lowest BCUT2D eigenvalue weighted by molar-refractivity contribution is 0.417. The van der Waals surface area contributed by atoms with Crippen LogP contribution in [0.25, 0.3) is 0 Å². The summed E-state index contributed by atoms with van der Waals surface area (Å²) in [5, 5.41) is 0. The Labute approximate surface area is 113 Å². The lowest BCUT2D eigenvalue weighted by Crippen LogP contribution is -2.17. The third-order valence-electron chi connectivity index (χ3n) is 3.00. The molecular weight excluding hydrogens is 238 g/mol. The minimum absolute atomic E-state index is 0.647. The molecule has 0 spiro atoms. The van der Waals surface area contributed by atoms with E-state index in [4.69, 9.17) is 10.5 Å². The van der Waals surface area contributed by atoms with Gasteiger partial charge in [-0.05, 0) is 31.2 Å². The number of nitrogens with two attached hydrogens (primary N) is 1. The zero-order valence-electron chi connectivity index (χ0n) is 11.6. The molecule has 0 aliphatic heterocycles. The van der Waals surface area contributed by atoms with Crippen molar-refractivity contribution < 1.29 is 4.74 Å².